The molecule has 1 rings (SSSR count). The molecule has 0 fully saturated rings. The molecule has 0 aliphatic heterocycles. The highest BCUT2D eigenvalue weighted by Gasteiger charge is 2.19. The first kappa shape index (κ1) is 21.6. The van der Waals surface area contributed by atoms with Crippen LogP contribution in [0.3, 0.4) is 0 Å². The van der Waals surface area contributed by atoms with Gasteiger partial charge in [-0.25, -0.2) is 4.79 Å². The Bertz CT molecular complexity index is 638. The van der Waals surface area contributed by atoms with E-state index in [1.54, 1.807) is 12.1 Å². The number of ether oxygens (including phenoxy) is 2. The monoisotopic (exact) mass is 384 g/mol. The minimum atomic E-state index is -1.07. The van der Waals surface area contributed by atoms with Crippen molar-refractivity contribution in [2.24, 2.45) is 0 Å². The molecular formula is C17H24N2O6S. The van der Waals surface area contributed by atoms with Gasteiger partial charge >= 0.3 is 5.97 Å². The van der Waals surface area contributed by atoms with Crippen LogP contribution in [0.15, 0.2) is 18.2 Å². The Labute approximate surface area is 156 Å². The number of methoxy groups -OCH3 is 2. The molecule has 144 valence electrons. The van der Waals surface area contributed by atoms with Gasteiger partial charge in [-0.05, 0) is 36.6 Å². The highest BCUT2D eigenvalue weighted by molar-refractivity contribution is 7.98. The summed E-state index contributed by atoms with van der Waals surface area (Å²) in [5, 5.41) is 14.2. The predicted molar refractivity (Wildman–Crippen MR) is 99.1 cm³/mol. The number of hydrogen-bond acceptors (Lipinski definition) is 6. The molecule has 0 aliphatic carbocycles. The Morgan fingerprint density at radius 2 is 1.88 bits per heavy atom. The van der Waals surface area contributed by atoms with Crippen LogP contribution in [0.5, 0.6) is 11.5 Å². The summed E-state index contributed by atoms with van der Waals surface area (Å²) in [4.78, 5) is 35.1. The summed E-state index contributed by atoms with van der Waals surface area (Å²) in [5.74, 6) is -0.291. The van der Waals surface area contributed by atoms with Gasteiger partial charge in [0, 0.05) is 18.5 Å². The van der Waals surface area contributed by atoms with Crippen molar-refractivity contribution in [1.82, 2.24) is 10.6 Å². The molecule has 1 atom stereocenters. The van der Waals surface area contributed by atoms with Crippen LogP contribution in [0.1, 0.15) is 23.2 Å². The molecule has 3 N–H and O–H groups in total. The van der Waals surface area contributed by atoms with E-state index >= 15 is 0 Å². The summed E-state index contributed by atoms with van der Waals surface area (Å²) in [7, 11) is 2.97. The van der Waals surface area contributed by atoms with Crippen LogP contribution in [-0.2, 0) is 9.59 Å². The molecule has 0 saturated heterocycles. The van der Waals surface area contributed by atoms with Gasteiger partial charge in [0.05, 0.1) is 14.2 Å². The van der Waals surface area contributed by atoms with Crippen molar-refractivity contribution in [2.45, 2.75) is 18.9 Å². The number of rotatable bonds is 11. The largest absolute Gasteiger partial charge is 0.493 e. The smallest absolute Gasteiger partial charge is 0.326 e. The number of nitrogens with one attached hydrogen (secondary N) is 2. The first-order chi connectivity index (χ1) is 12.4. The number of benzene rings is 1. The Morgan fingerprint density at radius 3 is 2.46 bits per heavy atom. The Morgan fingerprint density at radius 1 is 1.19 bits per heavy atom. The second-order valence-electron chi connectivity index (χ2n) is 5.32. The van der Waals surface area contributed by atoms with Gasteiger partial charge in [-0.2, -0.15) is 11.8 Å². The van der Waals surface area contributed by atoms with Gasteiger partial charge in [-0.3, -0.25) is 9.59 Å². The van der Waals surface area contributed by atoms with Crippen molar-refractivity contribution < 1.29 is 29.0 Å². The summed E-state index contributed by atoms with van der Waals surface area (Å²) in [5.41, 5.74) is 0.367. The fourth-order valence-corrected chi connectivity index (χ4v) is 2.60. The summed E-state index contributed by atoms with van der Waals surface area (Å²) in [6.07, 6.45) is 2.20. The Hall–Kier alpha value is -2.42. The maximum absolute atomic E-state index is 12.1. The van der Waals surface area contributed by atoms with Gasteiger partial charge in [0.1, 0.15) is 6.04 Å². The van der Waals surface area contributed by atoms with Crippen LogP contribution in [0.2, 0.25) is 0 Å². The lowest BCUT2D eigenvalue weighted by Gasteiger charge is -2.14. The number of aliphatic carboxylic acids is 1. The average molecular weight is 384 g/mol. The van der Waals surface area contributed by atoms with E-state index in [9.17, 15) is 14.4 Å². The van der Waals surface area contributed by atoms with Gasteiger partial charge in [0.25, 0.3) is 5.91 Å². The fourth-order valence-electron chi connectivity index (χ4n) is 2.13. The number of carbonyl (C=O) groups excluding carboxylic acids is 2. The highest BCUT2D eigenvalue weighted by atomic mass is 32.2. The number of carbonyl (C=O) groups is 3. The zero-order valence-corrected chi connectivity index (χ0v) is 15.9. The average Bonchev–Trinajstić information content (AvgIpc) is 2.64. The van der Waals surface area contributed by atoms with Crippen molar-refractivity contribution in [3.05, 3.63) is 23.8 Å². The van der Waals surface area contributed by atoms with Crippen molar-refractivity contribution in [2.75, 3.05) is 32.8 Å². The van der Waals surface area contributed by atoms with Crippen molar-refractivity contribution in [3.8, 4) is 11.5 Å². The maximum atomic E-state index is 12.1. The molecule has 0 saturated carbocycles. The zero-order chi connectivity index (χ0) is 19.5. The van der Waals surface area contributed by atoms with Crippen LogP contribution in [-0.4, -0.2) is 61.7 Å². The quantitative estimate of drug-likeness (QED) is 0.524. The first-order valence-corrected chi connectivity index (χ1v) is 9.33. The zero-order valence-electron chi connectivity index (χ0n) is 15.0. The second kappa shape index (κ2) is 11.2. The topological polar surface area (TPSA) is 114 Å². The molecule has 1 aromatic rings. The van der Waals surface area contributed by atoms with Gasteiger partial charge < -0.3 is 25.2 Å². The molecule has 0 radical (unpaired) electrons. The molecule has 26 heavy (non-hydrogen) atoms. The molecule has 1 aromatic carbocycles. The van der Waals surface area contributed by atoms with E-state index in [0.717, 1.165) is 0 Å². The molecule has 2 amide bonds. The number of carboxylic acid groups (broad SMARTS) is 1. The SMILES string of the molecule is COc1ccc(C(=O)NCCC(=O)NC(CCSC)C(=O)O)cc1OC. The third-order valence-electron chi connectivity index (χ3n) is 3.53. The lowest BCUT2D eigenvalue weighted by atomic mass is 10.2. The van der Waals surface area contributed by atoms with Gasteiger partial charge in [0.15, 0.2) is 11.5 Å². The third-order valence-corrected chi connectivity index (χ3v) is 4.17. The molecule has 1 unspecified atom stereocenters. The summed E-state index contributed by atoms with van der Waals surface area (Å²) >= 11 is 1.51. The number of amides is 2. The number of carboxylic acids is 1. The van der Waals surface area contributed by atoms with Crippen molar-refractivity contribution >= 4 is 29.5 Å². The molecule has 0 spiro atoms. The van der Waals surface area contributed by atoms with Crippen molar-refractivity contribution in [1.29, 1.82) is 0 Å². The van der Waals surface area contributed by atoms with E-state index in [0.29, 0.717) is 29.2 Å². The molecular weight excluding hydrogens is 360 g/mol. The highest BCUT2D eigenvalue weighted by Crippen LogP contribution is 2.27. The van der Waals surface area contributed by atoms with Crippen LogP contribution >= 0.6 is 11.8 Å². The summed E-state index contributed by atoms with van der Waals surface area (Å²) in [6, 6.07) is 3.82. The van der Waals surface area contributed by atoms with E-state index in [4.69, 9.17) is 14.6 Å². The minimum Gasteiger partial charge on any atom is -0.493 e. The molecule has 0 heterocycles. The summed E-state index contributed by atoms with van der Waals surface area (Å²) in [6.45, 7) is 0.0911. The predicted octanol–water partition coefficient (Wildman–Crippen LogP) is 1.15. The molecule has 8 nitrogen and oxygen atoms in total. The van der Waals surface area contributed by atoms with E-state index in [1.807, 2.05) is 6.26 Å². The van der Waals surface area contributed by atoms with E-state index in [-0.39, 0.29) is 18.9 Å². The van der Waals surface area contributed by atoms with Crippen LogP contribution in [0.25, 0.3) is 0 Å². The van der Waals surface area contributed by atoms with Gasteiger partial charge in [0.2, 0.25) is 5.91 Å². The lowest BCUT2D eigenvalue weighted by molar-refractivity contribution is -0.141. The van der Waals surface area contributed by atoms with Crippen LogP contribution in [0, 0.1) is 0 Å². The van der Waals surface area contributed by atoms with Crippen LogP contribution in [0.4, 0.5) is 0 Å². The molecule has 0 aliphatic rings. The molecule has 0 aromatic heterocycles. The Kier molecular flexibility index (Phi) is 9.35. The second-order valence-corrected chi connectivity index (χ2v) is 6.30. The van der Waals surface area contributed by atoms with Crippen molar-refractivity contribution in [3.63, 3.8) is 0 Å². The van der Waals surface area contributed by atoms with Gasteiger partial charge in [-0.1, -0.05) is 0 Å². The van der Waals surface area contributed by atoms with E-state index in [1.165, 1.54) is 32.0 Å². The fraction of sp³-hybridized carbons (Fsp3) is 0.471. The number of hydrogen-bond donors (Lipinski definition) is 3. The molecule has 9 heteroatoms. The standard InChI is InChI=1S/C17H24N2O6S/c1-24-13-5-4-11(10-14(13)25-2)16(21)18-8-6-15(20)19-12(17(22)23)7-9-26-3/h4-5,10,12H,6-9H2,1-3H3,(H,18,21)(H,19,20)(H,22,23). The normalized spacial score (nSPS) is 11.3. The van der Waals surface area contributed by atoms with Gasteiger partial charge in [-0.15, -0.1) is 0 Å². The minimum absolute atomic E-state index is 0.0118. The number of thioether (sulfide) groups is 1. The van der Waals surface area contributed by atoms with Crippen LogP contribution < -0.4 is 20.1 Å². The molecule has 0 bridgehead atoms. The summed E-state index contributed by atoms with van der Waals surface area (Å²) < 4.78 is 10.3. The maximum Gasteiger partial charge on any atom is 0.326 e. The third kappa shape index (κ3) is 6.83. The lowest BCUT2D eigenvalue weighted by Crippen LogP contribution is -2.42. The Balaban J connectivity index is 2.50. The first-order valence-electron chi connectivity index (χ1n) is 7.94. The van der Waals surface area contributed by atoms with E-state index in [2.05, 4.69) is 10.6 Å². The van der Waals surface area contributed by atoms with E-state index < -0.39 is 17.9 Å².